The average Bonchev–Trinajstić information content (AvgIpc) is 2.55. The van der Waals surface area contributed by atoms with Gasteiger partial charge in [0.1, 0.15) is 0 Å². The van der Waals surface area contributed by atoms with Crippen molar-refractivity contribution in [1.29, 1.82) is 0 Å². The molecular weight excluding hydrogens is 288 g/mol. The molecule has 0 nitrogen and oxygen atoms in total. The maximum atomic E-state index is 4.27. The second-order valence-electron chi connectivity index (χ2n) is 6.01. The zero-order chi connectivity index (χ0) is 18.3. The van der Waals surface area contributed by atoms with Crippen LogP contribution >= 0.6 is 0 Å². The maximum Gasteiger partial charge on any atom is -0.00709 e. The summed E-state index contributed by atoms with van der Waals surface area (Å²) in [7, 11) is 0. The third-order valence-corrected chi connectivity index (χ3v) is 4.12. The Balaban J connectivity index is 4.00. The molecule has 0 N–H and O–H groups in total. The first kappa shape index (κ1) is 19.7. The summed E-state index contributed by atoms with van der Waals surface area (Å²) in [6.45, 7) is 20.9. The molecule has 0 heterocycles. The first-order chi connectivity index (χ1) is 11.4. The van der Waals surface area contributed by atoms with Crippen molar-refractivity contribution >= 4 is 11.6 Å². The van der Waals surface area contributed by atoms with Crippen LogP contribution in [0.3, 0.4) is 0 Å². The highest BCUT2D eigenvalue weighted by Crippen LogP contribution is 2.36. The Hall–Kier alpha value is -2.34. The second kappa shape index (κ2) is 9.08. The molecule has 0 saturated heterocycles. The lowest BCUT2D eigenvalue weighted by atomic mass is 9.83. The number of allylic oxidation sites excluding steroid dienone is 9. The first-order valence-electron chi connectivity index (χ1n) is 8.48. The van der Waals surface area contributed by atoms with E-state index in [1.54, 1.807) is 0 Å². The van der Waals surface area contributed by atoms with Crippen molar-refractivity contribution in [2.24, 2.45) is 0 Å². The summed E-state index contributed by atoms with van der Waals surface area (Å²) in [4.78, 5) is 0. The van der Waals surface area contributed by atoms with Gasteiger partial charge < -0.3 is 0 Å². The van der Waals surface area contributed by atoms with E-state index in [-0.39, 0.29) is 0 Å². The standard InChI is InChI=1S/C24H30/c1-9-13-20(11-3)21(12-4)23(17(5)6)24-19(8)16-15-18(7)22(24)14-10-2/h9-16H,4-5H2,1-3,6-8H3/b13-9-,14-10-,20-11-,23-21+. The van der Waals surface area contributed by atoms with E-state index in [4.69, 9.17) is 0 Å². The normalized spacial score (nSPS) is 13.5. The van der Waals surface area contributed by atoms with E-state index in [1.165, 1.54) is 27.8 Å². The van der Waals surface area contributed by atoms with Crippen LogP contribution in [0.4, 0.5) is 0 Å². The van der Waals surface area contributed by atoms with Crippen LogP contribution in [0.25, 0.3) is 11.6 Å². The van der Waals surface area contributed by atoms with Gasteiger partial charge >= 0.3 is 0 Å². The van der Waals surface area contributed by atoms with Crippen molar-refractivity contribution in [3.05, 3.63) is 94.6 Å². The zero-order valence-corrected chi connectivity index (χ0v) is 16.0. The second-order valence-corrected chi connectivity index (χ2v) is 6.01. The molecule has 0 radical (unpaired) electrons. The van der Waals surface area contributed by atoms with Gasteiger partial charge in [-0.3, -0.25) is 0 Å². The maximum absolute atomic E-state index is 4.27. The fraction of sp³-hybridized carbons (Fsp3) is 0.250. The summed E-state index contributed by atoms with van der Waals surface area (Å²) in [5.41, 5.74) is 9.54. The highest BCUT2D eigenvalue weighted by Gasteiger charge is 2.16. The predicted octanol–water partition coefficient (Wildman–Crippen LogP) is 7.37. The molecule has 0 aliphatic heterocycles. The number of hydrogen-bond acceptors (Lipinski definition) is 0. The van der Waals surface area contributed by atoms with Crippen LogP contribution in [0, 0.1) is 13.8 Å². The lowest BCUT2D eigenvalue weighted by Crippen LogP contribution is -2.01. The van der Waals surface area contributed by atoms with Crippen molar-refractivity contribution < 1.29 is 0 Å². The van der Waals surface area contributed by atoms with Crippen molar-refractivity contribution in [1.82, 2.24) is 0 Å². The smallest absolute Gasteiger partial charge is 0.00709 e. The zero-order valence-electron chi connectivity index (χ0n) is 16.0. The van der Waals surface area contributed by atoms with Gasteiger partial charge in [-0.25, -0.2) is 0 Å². The minimum Gasteiger partial charge on any atom is -0.0984 e. The third kappa shape index (κ3) is 4.14. The molecule has 1 aromatic rings. The molecular formula is C24H30. The minimum atomic E-state index is 1.05. The van der Waals surface area contributed by atoms with Crippen LogP contribution in [0.1, 0.15) is 49.9 Å². The van der Waals surface area contributed by atoms with Crippen LogP contribution in [-0.2, 0) is 0 Å². The van der Waals surface area contributed by atoms with Crippen molar-refractivity contribution in [2.45, 2.75) is 41.5 Å². The SMILES string of the molecule is C=CC(/C(/C=C\C)=C\C)=C(/C(=C)C)c1c(C)ccc(C)c1/C=C\C. The lowest BCUT2D eigenvalue weighted by molar-refractivity contribution is 1.32. The molecule has 0 bridgehead atoms. The molecule has 0 unspecified atom stereocenters. The van der Waals surface area contributed by atoms with Crippen LogP contribution in [0.15, 0.2) is 72.4 Å². The van der Waals surface area contributed by atoms with Crippen LogP contribution < -0.4 is 0 Å². The van der Waals surface area contributed by atoms with Gasteiger partial charge in [0.25, 0.3) is 0 Å². The monoisotopic (exact) mass is 318 g/mol. The van der Waals surface area contributed by atoms with Crippen LogP contribution in [-0.4, -0.2) is 0 Å². The largest absolute Gasteiger partial charge is 0.0984 e. The first-order valence-corrected chi connectivity index (χ1v) is 8.48. The summed E-state index contributed by atoms with van der Waals surface area (Å²) in [5, 5.41) is 0. The Kier molecular flexibility index (Phi) is 7.45. The number of hydrogen-bond donors (Lipinski definition) is 0. The average molecular weight is 319 g/mol. The Morgan fingerprint density at radius 1 is 1.00 bits per heavy atom. The third-order valence-electron chi connectivity index (χ3n) is 4.12. The fourth-order valence-corrected chi connectivity index (χ4v) is 3.01. The van der Waals surface area contributed by atoms with E-state index >= 15 is 0 Å². The van der Waals surface area contributed by atoms with Gasteiger partial charge in [0.15, 0.2) is 0 Å². The Labute approximate surface area is 148 Å². The Bertz CT molecular complexity index is 746. The molecule has 0 aliphatic rings. The highest BCUT2D eigenvalue weighted by atomic mass is 14.2. The molecule has 0 atom stereocenters. The number of benzene rings is 1. The van der Waals surface area contributed by atoms with Crippen LogP contribution in [0.2, 0.25) is 0 Å². The minimum absolute atomic E-state index is 1.05. The molecule has 126 valence electrons. The molecule has 0 aromatic heterocycles. The molecule has 1 rings (SSSR count). The number of rotatable bonds is 6. The van der Waals surface area contributed by atoms with E-state index in [1.807, 2.05) is 13.0 Å². The molecule has 0 saturated carbocycles. The van der Waals surface area contributed by atoms with Crippen molar-refractivity contribution in [3.8, 4) is 0 Å². The van der Waals surface area contributed by atoms with Gasteiger partial charge in [0, 0.05) is 0 Å². The van der Waals surface area contributed by atoms with Gasteiger partial charge in [0.05, 0.1) is 0 Å². The quantitative estimate of drug-likeness (QED) is 0.480. The van der Waals surface area contributed by atoms with Gasteiger partial charge in [-0.05, 0) is 86.1 Å². The van der Waals surface area contributed by atoms with Gasteiger partial charge in [-0.15, -0.1) is 0 Å². The Morgan fingerprint density at radius 2 is 1.62 bits per heavy atom. The van der Waals surface area contributed by atoms with E-state index in [0.29, 0.717) is 0 Å². The summed E-state index contributed by atoms with van der Waals surface area (Å²) < 4.78 is 0. The Morgan fingerprint density at radius 3 is 2.08 bits per heavy atom. The highest BCUT2D eigenvalue weighted by molar-refractivity contribution is 5.90. The molecule has 24 heavy (non-hydrogen) atoms. The summed E-state index contributed by atoms with van der Waals surface area (Å²) in [5.74, 6) is 0. The topological polar surface area (TPSA) is 0 Å². The summed E-state index contributed by atoms with van der Waals surface area (Å²) >= 11 is 0. The summed E-state index contributed by atoms with van der Waals surface area (Å²) in [6.07, 6.45) is 12.5. The molecule has 0 spiro atoms. The molecule has 0 amide bonds. The molecule has 0 heteroatoms. The van der Waals surface area contributed by atoms with Crippen molar-refractivity contribution in [3.63, 3.8) is 0 Å². The van der Waals surface area contributed by atoms with E-state index in [9.17, 15) is 0 Å². The van der Waals surface area contributed by atoms with Gasteiger partial charge in [-0.1, -0.05) is 61.7 Å². The van der Waals surface area contributed by atoms with Crippen LogP contribution in [0.5, 0.6) is 0 Å². The van der Waals surface area contributed by atoms with E-state index in [0.717, 1.165) is 16.7 Å². The lowest BCUT2D eigenvalue weighted by Gasteiger charge is -2.20. The van der Waals surface area contributed by atoms with Gasteiger partial charge in [-0.2, -0.15) is 0 Å². The number of aryl methyl sites for hydroxylation is 2. The fourth-order valence-electron chi connectivity index (χ4n) is 3.01. The molecule has 1 aromatic carbocycles. The van der Waals surface area contributed by atoms with Gasteiger partial charge in [0.2, 0.25) is 0 Å². The molecule has 0 fully saturated rings. The predicted molar refractivity (Wildman–Crippen MR) is 111 cm³/mol. The van der Waals surface area contributed by atoms with E-state index in [2.05, 4.69) is 90.3 Å². The molecule has 0 aliphatic carbocycles. The summed E-state index contributed by atoms with van der Waals surface area (Å²) in [6, 6.07) is 4.37. The van der Waals surface area contributed by atoms with E-state index < -0.39 is 0 Å². The van der Waals surface area contributed by atoms with Crippen molar-refractivity contribution in [2.75, 3.05) is 0 Å².